The first kappa shape index (κ1) is 15.1. The lowest BCUT2D eigenvalue weighted by molar-refractivity contribution is -0.384. The number of methoxy groups -OCH3 is 2. The van der Waals surface area contributed by atoms with Crippen LogP contribution in [0.25, 0.3) is 21.8 Å². The zero-order chi connectivity index (χ0) is 16.7. The van der Waals surface area contributed by atoms with Crippen LogP contribution in [0.1, 0.15) is 0 Å². The first-order valence-electron chi connectivity index (χ1n) is 6.52. The van der Waals surface area contributed by atoms with E-state index >= 15 is 0 Å². The first-order valence-corrected chi connectivity index (χ1v) is 6.89. The van der Waals surface area contributed by atoms with Gasteiger partial charge in [0.05, 0.1) is 40.9 Å². The van der Waals surface area contributed by atoms with Crippen molar-refractivity contribution in [1.82, 2.24) is 4.98 Å². The van der Waals surface area contributed by atoms with Crippen LogP contribution in [0.3, 0.4) is 0 Å². The van der Waals surface area contributed by atoms with Crippen molar-refractivity contribution < 1.29 is 14.4 Å². The molecule has 7 nitrogen and oxygen atoms in total. The predicted octanol–water partition coefficient (Wildman–Crippen LogP) is 3.26. The molecule has 0 bridgehead atoms. The van der Waals surface area contributed by atoms with E-state index in [-0.39, 0.29) is 26.9 Å². The standard InChI is InChI=1S/C15H11ClN2O5/c1-22-7-3-11-14(13(4-7)23-2)15(19)8-5-12(18(20)21)9(16)6-10(8)17-11/h3-6H,1-2H3,(H,17,19). The lowest BCUT2D eigenvalue weighted by Crippen LogP contribution is -2.07. The molecule has 23 heavy (non-hydrogen) atoms. The second-order valence-electron chi connectivity index (χ2n) is 4.81. The Morgan fingerprint density at radius 2 is 1.87 bits per heavy atom. The summed E-state index contributed by atoms with van der Waals surface area (Å²) in [4.78, 5) is 26.2. The summed E-state index contributed by atoms with van der Waals surface area (Å²) in [7, 11) is 2.93. The second kappa shape index (κ2) is 5.44. The Morgan fingerprint density at radius 3 is 2.48 bits per heavy atom. The van der Waals surface area contributed by atoms with Gasteiger partial charge in [-0.3, -0.25) is 14.9 Å². The van der Waals surface area contributed by atoms with Crippen LogP contribution in [-0.2, 0) is 0 Å². The van der Waals surface area contributed by atoms with Crippen molar-refractivity contribution in [1.29, 1.82) is 0 Å². The van der Waals surface area contributed by atoms with E-state index in [0.29, 0.717) is 22.5 Å². The molecule has 0 fully saturated rings. The highest BCUT2D eigenvalue weighted by Crippen LogP contribution is 2.32. The number of benzene rings is 2. The Bertz CT molecular complexity index is 1010. The van der Waals surface area contributed by atoms with Crippen molar-refractivity contribution in [3.63, 3.8) is 0 Å². The summed E-state index contributed by atoms with van der Waals surface area (Å²) < 4.78 is 10.4. The van der Waals surface area contributed by atoms with Gasteiger partial charge < -0.3 is 14.5 Å². The van der Waals surface area contributed by atoms with E-state index in [1.807, 2.05) is 0 Å². The van der Waals surface area contributed by atoms with E-state index in [2.05, 4.69) is 4.98 Å². The number of nitrogens with one attached hydrogen (secondary N) is 1. The number of nitro benzene ring substituents is 1. The quantitative estimate of drug-likeness (QED) is 0.450. The number of aromatic nitrogens is 1. The number of ether oxygens (including phenoxy) is 2. The topological polar surface area (TPSA) is 94.5 Å². The summed E-state index contributed by atoms with van der Waals surface area (Å²) in [5, 5.41) is 11.4. The number of nitro groups is 1. The number of hydrogen-bond donors (Lipinski definition) is 1. The SMILES string of the molecule is COc1cc(OC)c2c(=O)c3cc([N+](=O)[O-])c(Cl)cc3[nH]c2c1. The van der Waals surface area contributed by atoms with Crippen molar-refractivity contribution in [2.75, 3.05) is 14.2 Å². The zero-order valence-electron chi connectivity index (χ0n) is 12.2. The second-order valence-corrected chi connectivity index (χ2v) is 5.22. The fourth-order valence-corrected chi connectivity index (χ4v) is 2.71. The minimum absolute atomic E-state index is 0.0487. The number of rotatable bonds is 3. The largest absolute Gasteiger partial charge is 0.497 e. The number of H-pyrrole nitrogens is 1. The van der Waals surface area contributed by atoms with Crippen LogP contribution in [0.5, 0.6) is 11.5 Å². The van der Waals surface area contributed by atoms with Crippen LogP contribution in [0.4, 0.5) is 5.69 Å². The minimum Gasteiger partial charge on any atom is -0.497 e. The van der Waals surface area contributed by atoms with Crippen LogP contribution in [0.15, 0.2) is 29.1 Å². The molecule has 0 aliphatic rings. The van der Waals surface area contributed by atoms with Gasteiger partial charge in [-0.1, -0.05) is 11.6 Å². The maximum Gasteiger partial charge on any atom is 0.288 e. The molecule has 8 heteroatoms. The number of fused-ring (bicyclic) bond motifs is 2. The molecule has 1 N–H and O–H groups in total. The van der Waals surface area contributed by atoms with Gasteiger partial charge in [-0.25, -0.2) is 0 Å². The number of aromatic amines is 1. The van der Waals surface area contributed by atoms with Gasteiger partial charge in [-0.15, -0.1) is 0 Å². The Balaban J connectivity index is 2.50. The third kappa shape index (κ3) is 2.35. The summed E-state index contributed by atoms with van der Waals surface area (Å²) in [5.41, 5.74) is 0.182. The highest BCUT2D eigenvalue weighted by atomic mass is 35.5. The first-order chi connectivity index (χ1) is 11.0. The fraction of sp³-hybridized carbons (Fsp3) is 0.133. The molecule has 3 rings (SSSR count). The lowest BCUT2D eigenvalue weighted by Gasteiger charge is -2.10. The number of pyridine rings is 1. The van der Waals surface area contributed by atoms with Crippen LogP contribution < -0.4 is 14.9 Å². The Hall–Kier alpha value is -2.80. The number of nitrogens with zero attached hydrogens (tertiary/aromatic N) is 1. The van der Waals surface area contributed by atoms with Gasteiger partial charge in [0.2, 0.25) is 5.43 Å². The highest BCUT2D eigenvalue weighted by molar-refractivity contribution is 6.33. The average Bonchev–Trinajstić information content (AvgIpc) is 2.52. The van der Waals surface area contributed by atoms with Crippen LogP contribution >= 0.6 is 11.6 Å². The minimum atomic E-state index is -0.628. The molecular weight excluding hydrogens is 324 g/mol. The van der Waals surface area contributed by atoms with E-state index in [0.717, 1.165) is 0 Å². The van der Waals surface area contributed by atoms with Crippen molar-refractivity contribution in [2.45, 2.75) is 0 Å². The van der Waals surface area contributed by atoms with Gasteiger partial charge in [0.15, 0.2) is 0 Å². The molecule has 0 atom stereocenters. The molecule has 118 valence electrons. The van der Waals surface area contributed by atoms with Gasteiger partial charge in [-0.05, 0) is 6.07 Å². The van der Waals surface area contributed by atoms with E-state index in [9.17, 15) is 14.9 Å². The van der Waals surface area contributed by atoms with E-state index in [1.165, 1.54) is 26.4 Å². The van der Waals surface area contributed by atoms with Gasteiger partial charge in [0, 0.05) is 18.2 Å². The summed E-state index contributed by atoms with van der Waals surface area (Å²) in [5.74, 6) is 0.831. The molecule has 1 heterocycles. The molecule has 0 amide bonds. The normalized spacial score (nSPS) is 10.9. The predicted molar refractivity (Wildman–Crippen MR) is 86.8 cm³/mol. The van der Waals surface area contributed by atoms with Gasteiger partial charge in [0.1, 0.15) is 16.5 Å². The molecule has 0 saturated heterocycles. The van der Waals surface area contributed by atoms with E-state index < -0.39 is 4.92 Å². The van der Waals surface area contributed by atoms with E-state index in [4.69, 9.17) is 21.1 Å². The lowest BCUT2D eigenvalue weighted by atomic mass is 10.1. The van der Waals surface area contributed by atoms with E-state index in [1.54, 1.807) is 12.1 Å². The fourth-order valence-electron chi connectivity index (χ4n) is 2.47. The zero-order valence-corrected chi connectivity index (χ0v) is 12.9. The van der Waals surface area contributed by atoms with Crippen molar-refractivity contribution in [3.05, 3.63) is 49.6 Å². The maximum absolute atomic E-state index is 12.7. The van der Waals surface area contributed by atoms with Crippen LogP contribution in [0.2, 0.25) is 5.02 Å². The molecule has 2 aromatic carbocycles. The molecule has 0 aliphatic carbocycles. The van der Waals surface area contributed by atoms with Crippen molar-refractivity contribution in [2.24, 2.45) is 0 Å². The average molecular weight is 335 g/mol. The molecule has 0 radical (unpaired) electrons. The Morgan fingerprint density at radius 1 is 1.13 bits per heavy atom. The summed E-state index contributed by atoms with van der Waals surface area (Å²) >= 11 is 5.91. The van der Waals surface area contributed by atoms with Gasteiger partial charge in [-0.2, -0.15) is 0 Å². The summed E-state index contributed by atoms with van der Waals surface area (Å²) in [6.07, 6.45) is 0. The molecule has 1 aromatic heterocycles. The molecular formula is C15H11ClN2O5. The van der Waals surface area contributed by atoms with Crippen molar-refractivity contribution in [3.8, 4) is 11.5 Å². The van der Waals surface area contributed by atoms with Gasteiger partial charge >= 0.3 is 0 Å². The maximum atomic E-state index is 12.7. The highest BCUT2D eigenvalue weighted by Gasteiger charge is 2.18. The van der Waals surface area contributed by atoms with Crippen LogP contribution in [-0.4, -0.2) is 24.1 Å². The summed E-state index contributed by atoms with van der Waals surface area (Å²) in [6.45, 7) is 0. The Labute approximate surface area is 134 Å². The third-order valence-electron chi connectivity index (χ3n) is 3.56. The van der Waals surface area contributed by atoms with Crippen molar-refractivity contribution >= 4 is 39.1 Å². The van der Waals surface area contributed by atoms with Crippen LogP contribution in [0, 0.1) is 10.1 Å². The van der Waals surface area contributed by atoms with Gasteiger partial charge in [0.25, 0.3) is 5.69 Å². The molecule has 0 spiro atoms. The number of hydrogen-bond acceptors (Lipinski definition) is 5. The third-order valence-corrected chi connectivity index (χ3v) is 3.86. The molecule has 0 unspecified atom stereocenters. The summed E-state index contributed by atoms with van der Waals surface area (Å²) in [6, 6.07) is 5.75. The number of halogens is 1. The molecule has 0 saturated carbocycles. The monoisotopic (exact) mass is 334 g/mol. The molecule has 3 aromatic rings. The Kier molecular flexibility index (Phi) is 3.57. The molecule has 0 aliphatic heterocycles. The smallest absolute Gasteiger partial charge is 0.288 e.